The van der Waals surface area contributed by atoms with Gasteiger partial charge in [0, 0.05) is 26.6 Å². The Morgan fingerprint density at radius 1 is 0.857 bits per heavy atom. The molecule has 1 saturated heterocycles. The first-order valence-corrected chi connectivity index (χ1v) is 11.9. The van der Waals surface area contributed by atoms with Gasteiger partial charge in [-0.3, -0.25) is 9.69 Å². The van der Waals surface area contributed by atoms with Gasteiger partial charge in [-0.05, 0) is 58.4 Å². The van der Waals surface area contributed by atoms with Crippen molar-refractivity contribution < 1.29 is 9.53 Å². The fourth-order valence-electron chi connectivity index (χ4n) is 4.85. The molecule has 0 amide bonds. The average Bonchev–Trinajstić information content (AvgIpc) is 3.02. The van der Waals surface area contributed by atoms with Crippen molar-refractivity contribution in [1.29, 1.82) is 0 Å². The maximum Gasteiger partial charge on any atom is 0.308 e. The van der Waals surface area contributed by atoms with Gasteiger partial charge < -0.3 is 4.74 Å². The van der Waals surface area contributed by atoms with Gasteiger partial charge in [-0.2, -0.15) is 0 Å². The summed E-state index contributed by atoms with van der Waals surface area (Å²) in [4.78, 5) is 13.6. The Morgan fingerprint density at radius 2 is 1.43 bits per heavy atom. The summed E-state index contributed by atoms with van der Waals surface area (Å²) in [6.07, 6.45) is 11.0. The van der Waals surface area contributed by atoms with Gasteiger partial charge in [0.2, 0.25) is 0 Å². The summed E-state index contributed by atoms with van der Waals surface area (Å²) in [6, 6.07) is 25.1. The van der Waals surface area contributed by atoms with Crippen molar-refractivity contribution in [2.75, 3.05) is 19.6 Å². The number of halogens is 1. The second-order valence-electron chi connectivity index (χ2n) is 8.85. The Bertz CT molecular complexity index is 1230. The maximum absolute atomic E-state index is 11.1. The van der Waals surface area contributed by atoms with Crippen LogP contribution in [-0.2, 0) is 4.79 Å². The summed E-state index contributed by atoms with van der Waals surface area (Å²) in [5.41, 5.74) is 9.39. The molecule has 0 unspecified atom stereocenters. The fraction of sp³-hybridized carbons (Fsp3) is 0.194. The van der Waals surface area contributed by atoms with Crippen LogP contribution in [0.25, 0.3) is 23.8 Å². The van der Waals surface area contributed by atoms with Crippen molar-refractivity contribution in [3.63, 3.8) is 0 Å². The Hall–Kier alpha value is -3.40. The highest BCUT2D eigenvalue weighted by molar-refractivity contribution is 5.94. The van der Waals surface area contributed by atoms with Crippen LogP contribution in [0.15, 0.2) is 84.4 Å². The van der Waals surface area contributed by atoms with E-state index in [0.29, 0.717) is 5.75 Å². The Kier molecular flexibility index (Phi) is 8.02. The van der Waals surface area contributed by atoms with Crippen molar-refractivity contribution in [2.45, 2.75) is 19.8 Å². The first-order chi connectivity index (χ1) is 16.7. The van der Waals surface area contributed by atoms with Gasteiger partial charge in [-0.15, -0.1) is 12.4 Å². The summed E-state index contributed by atoms with van der Waals surface area (Å²) in [5, 5.41) is 0. The van der Waals surface area contributed by atoms with E-state index in [1.54, 1.807) is 5.57 Å². The van der Waals surface area contributed by atoms with Crippen LogP contribution in [0.4, 0.5) is 0 Å². The van der Waals surface area contributed by atoms with Crippen LogP contribution in [0.2, 0.25) is 0 Å². The van der Waals surface area contributed by atoms with E-state index in [1.807, 2.05) is 24.3 Å². The van der Waals surface area contributed by atoms with Crippen molar-refractivity contribution in [3.05, 3.63) is 112 Å². The lowest BCUT2D eigenvalue weighted by Crippen LogP contribution is -2.31. The number of likely N-dealkylation sites (tertiary alicyclic amines) is 1. The molecule has 5 rings (SSSR count). The molecule has 2 aliphatic rings. The number of ether oxygens (including phenoxy) is 1. The number of rotatable bonds is 4. The molecule has 178 valence electrons. The summed E-state index contributed by atoms with van der Waals surface area (Å²) in [7, 11) is 0. The van der Waals surface area contributed by atoms with E-state index in [1.165, 1.54) is 34.8 Å². The molecule has 0 saturated carbocycles. The molecule has 1 aliphatic carbocycles. The lowest BCUT2D eigenvalue weighted by Gasteiger charge is -2.29. The topological polar surface area (TPSA) is 29.5 Å². The number of hydrogen-bond donors (Lipinski definition) is 0. The third-order valence-electron chi connectivity index (χ3n) is 6.53. The Balaban J connectivity index is 0.00000289. The molecule has 3 aromatic rings. The Labute approximate surface area is 213 Å². The minimum atomic E-state index is -0.296. The lowest BCUT2D eigenvalue weighted by atomic mass is 9.86. The molecule has 0 spiro atoms. The predicted molar refractivity (Wildman–Crippen MR) is 148 cm³/mol. The second-order valence-corrected chi connectivity index (χ2v) is 8.85. The van der Waals surface area contributed by atoms with Gasteiger partial charge >= 0.3 is 5.97 Å². The van der Waals surface area contributed by atoms with E-state index in [4.69, 9.17) is 4.74 Å². The van der Waals surface area contributed by atoms with Gasteiger partial charge in [0.05, 0.1) is 0 Å². The van der Waals surface area contributed by atoms with Crippen LogP contribution < -0.4 is 4.74 Å². The van der Waals surface area contributed by atoms with Crippen LogP contribution >= 0.6 is 12.4 Å². The molecule has 4 heteroatoms. The summed E-state index contributed by atoms with van der Waals surface area (Å²) >= 11 is 0. The third-order valence-corrected chi connectivity index (χ3v) is 6.53. The maximum atomic E-state index is 11.1. The van der Waals surface area contributed by atoms with Crippen LogP contribution in [-0.4, -0.2) is 30.5 Å². The first-order valence-electron chi connectivity index (χ1n) is 11.9. The SMILES string of the molecule is CC(=O)Oc1ccc(C=CCN2CCC(=C3c4ccccc4C=Cc4ccccc43)CC2)cc1.Cl. The summed E-state index contributed by atoms with van der Waals surface area (Å²) < 4.78 is 5.10. The molecule has 1 heterocycles. The minimum Gasteiger partial charge on any atom is -0.427 e. The number of carbonyl (C=O) groups is 1. The zero-order valence-electron chi connectivity index (χ0n) is 19.9. The van der Waals surface area contributed by atoms with Gasteiger partial charge in [-0.25, -0.2) is 0 Å². The number of nitrogens with zero attached hydrogens (tertiary/aromatic N) is 1. The number of benzene rings is 3. The standard InChI is InChI=1S/C31H29NO2.ClH/c1-23(33)34-28-16-12-24(13-17-28)7-6-20-32-21-18-27(19-22-32)31-29-10-4-2-8-25(29)14-15-26-9-3-5-11-30(26)31;/h2-17H,18-22H2,1H3;1H. The van der Waals surface area contributed by atoms with Crippen molar-refractivity contribution in [2.24, 2.45) is 0 Å². The van der Waals surface area contributed by atoms with Crippen molar-refractivity contribution in [1.82, 2.24) is 4.90 Å². The monoisotopic (exact) mass is 483 g/mol. The van der Waals surface area contributed by atoms with Gasteiger partial charge in [0.15, 0.2) is 0 Å². The van der Waals surface area contributed by atoms with Crippen molar-refractivity contribution in [3.8, 4) is 5.75 Å². The molecule has 0 bridgehead atoms. The zero-order chi connectivity index (χ0) is 23.3. The second kappa shape index (κ2) is 11.4. The van der Waals surface area contributed by atoms with Gasteiger partial charge in [0.1, 0.15) is 5.75 Å². The molecular formula is C31H30ClNO2. The first kappa shape index (κ1) is 24.7. The highest BCUT2D eigenvalue weighted by Crippen LogP contribution is 2.38. The molecule has 1 fully saturated rings. The number of fused-ring (bicyclic) bond motifs is 2. The zero-order valence-corrected chi connectivity index (χ0v) is 20.8. The summed E-state index contributed by atoms with van der Waals surface area (Å²) in [6.45, 7) is 4.47. The number of esters is 1. The van der Waals surface area contributed by atoms with Crippen LogP contribution in [0.1, 0.15) is 47.6 Å². The van der Waals surface area contributed by atoms with E-state index < -0.39 is 0 Å². The molecule has 0 atom stereocenters. The average molecular weight is 484 g/mol. The highest BCUT2D eigenvalue weighted by Gasteiger charge is 2.22. The van der Waals surface area contributed by atoms with E-state index >= 15 is 0 Å². The van der Waals surface area contributed by atoms with Crippen LogP contribution in [0.5, 0.6) is 5.75 Å². The predicted octanol–water partition coefficient (Wildman–Crippen LogP) is 7.13. The van der Waals surface area contributed by atoms with E-state index in [9.17, 15) is 4.79 Å². The molecule has 1 aliphatic heterocycles. The number of piperidine rings is 1. The summed E-state index contributed by atoms with van der Waals surface area (Å²) in [5.74, 6) is 0.285. The lowest BCUT2D eigenvalue weighted by molar-refractivity contribution is -0.131. The smallest absolute Gasteiger partial charge is 0.308 e. The molecule has 0 radical (unpaired) electrons. The molecule has 3 nitrogen and oxygen atoms in total. The third kappa shape index (κ3) is 5.82. The Morgan fingerprint density at radius 3 is 2.00 bits per heavy atom. The van der Waals surface area contributed by atoms with E-state index in [2.05, 4.69) is 77.7 Å². The highest BCUT2D eigenvalue weighted by atomic mass is 35.5. The van der Waals surface area contributed by atoms with Gasteiger partial charge in [0.25, 0.3) is 0 Å². The fourth-order valence-corrected chi connectivity index (χ4v) is 4.85. The van der Waals surface area contributed by atoms with Crippen molar-refractivity contribution >= 4 is 42.2 Å². The van der Waals surface area contributed by atoms with Crippen LogP contribution in [0, 0.1) is 0 Å². The van der Waals surface area contributed by atoms with Crippen LogP contribution in [0.3, 0.4) is 0 Å². The molecule has 0 N–H and O–H groups in total. The van der Waals surface area contributed by atoms with E-state index in [0.717, 1.165) is 38.0 Å². The molecule has 0 aromatic heterocycles. The molecule has 35 heavy (non-hydrogen) atoms. The van der Waals surface area contributed by atoms with Gasteiger partial charge in [-0.1, -0.05) is 90.5 Å². The molecular weight excluding hydrogens is 454 g/mol. The van der Waals surface area contributed by atoms with E-state index in [-0.39, 0.29) is 18.4 Å². The quantitative estimate of drug-likeness (QED) is 0.228. The normalized spacial score (nSPS) is 15.2. The number of hydrogen-bond acceptors (Lipinski definition) is 3. The molecule has 3 aromatic carbocycles. The number of carbonyl (C=O) groups excluding carboxylic acids is 1. The largest absolute Gasteiger partial charge is 0.427 e. The minimum absolute atomic E-state index is 0.